The highest BCUT2D eigenvalue weighted by atomic mass is 32.1. The van der Waals surface area contributed by atoms with Crippen LogP contribution in [0.4, 0.5) is 16.5 Å². The molecule has 1 saturated heterocycles. The lowest BCUT2D eigenvalue weighted by Gasteiger charge is -2.30. The van der Waals surface area contributed by atoms with E-state index in [9.17, 15) is 9.59 Å². The van der Waals surface area contributed by atoms with Crippen LogP contribution in [0.1, 0.15) is 26.4 Å². The summed E-state index contributed by atoms with van der Waals surface area (Å²) in [7, 11) is 0. The van der Waals surface area contributed by atoms with Gasteiger partial charge in [-0.25, -0.2) is 4.98 Å². The van der Waals surface area contributed by atoms with Crippen LogP contribution in [0, 0.1) is 0 Å². The number of hydrogen-bond donors (Lipinski definition) is 4. The number of ether oxygens (including phenoxy) is 1. The summed E-state index contributed by atoms with van der Waals surface area (Å²) in [4.78, 5) is 38.5. The molecule has 0 spiro atoms. The van der Waals surface area contributed by atoms with Crippen molar-refractivity contribution in [2.45, 2.75) is 6.54 Å². The predicted molar refractivity (Wildman–Crippen MR) is 142 cm³/mol. The molecule has 0 saturated carbocycles. The lowest BCUT2D eigenvalue weighted by Crippen LogP contribution is -2.43. The third-order valence-corrected chi connectivity index (χ3v) is 7.04. The number of aliphatic hydroxyl groups is 1. The predicted octanol–water partition coefficient (Wildman–Crippen LogP) is 1.32. The van der Waals surface area contributed by atoms with E-state index >= 15 is 0 Å². The zero-order chi connectivity index (χ0) is 25.6. The number of rotatable bonds is 10. The lowest BCUT2D eigenvalue weighted by molar-refractivity contribution is 0.0991. The number of pyridine rings is 1. The average Bonchev–Trinajstić information content (AvgIpc) is 3.54. The molecule has 0 bridgehead atoms. The first kappa shape index (κ1) is 25.1. The summed E-state index contributed by atoms with van der Waals surface area (Å²) in [6.45, 7) is 5.48. The third-order valence-electron chi connectivity index (χ3n) is 6.18. The highest BCUT2D eigenvalue weighted by molar-refractivity contribution is 7.14. The summed E-state index contributed by atoms with van der Waals surface area (Å²) in [5.74, 6) is 0.178. The van der Waals surface area contributed by atoms with Crippen molar-refractivity contribution in [1.82, 2.24) is 20.6 Å². The summed E-state index contributed by atoms with van der Waals surface area (Å²) in [5, 5.41) is 20.3. The van der Waals surface area contributed by atoms with Gasteiger partial charge in [0.05, 0.1) is 30.7 Å². The molecule has 194 valence electrons. The summed E-state index contributed by atoms with van der Waals surface area (Å²) in [6, 6.07) is 7.30. The van der Waals surface area contributed by atoms with Crippen LogP contribution in [-0.2, 0) is 6.54 Å². The van der Waals surface area contributed by atoms with Crippen molar-refractivity contribution in [3.8, 4) is 5.75 Å². The van der Waals surface area contributed by atoms with E-state index in [4.69, 9.17) is 9.84 Å². The Morgan fingerprint density at radius 2 is 2.08 bits per heavy atom. The Hall–Kier alpha value is -3.58. The number of carbonyl (C=O) groups excluding carboxylic acids is 2. The van der Waals surface area contributed by atoms with E-state index in [0.717, 1.165) is 37.4 Å². The normalized spacial score (nSPS) is 15.1. The van der Waals surface area contributed by atoms with Crippen LogP contribution in [0.15, 0.2) is 42.0 Å². The van der Waals surface area contributed by atoms with Gasteiger partial charge in [-0.05, 0) is 29.8 Å². The summed E-state index contributed by atoms with van der Waals surface area (Å²) in [5.41, 5.74) is 3.25. The second kappa shape index (κ2) is 11.6. The maximum absolute atomic E-state index is 13.0. The Morgan fingerprint density at radius 1 is 1.22 bits per heavy atom. The minimum atomic E-state index is -0.346. The second-order valence-corrected chi connectivity index (χ2v) is 9.47. The Balaban J connectivity index is 1.23. The number of benzene rings is 1. The molecule has 0 aliphatic carbocycles. The third kappa shape index (κ3) is 5.72. The molecule has 1 fully saturated rings. The first-order chi connectivity index (χ1) is 18.1. The Labute approximate surface area is 218 Å². The SMILES string of the molecule is O=C(Nc1cnccc1N1CCNCC1)c1csc(N2Cc3cc(OCCNCCO)ccc3C2=O)n1. The first-order valence-corrected chi connectivity index (χ1v) is 13.1. The molecular weight excluding hydrogens is 494 g/mol. The van der Waals surface area contributed by atoms with Crippen molar-refractivity contribution in [2.75, 3.05) is 67.6 Å². The number of piperazine rings is 1. The average molecular weight is 524 g/mol. The fourth-order valence-electron chi connectivity index (χ4n) is 4.33. The number of aromatic nitrogens is 2. The molecule has 2 aliphatic heterocycles. The maximum Gasteiger partial charge on any atom is 0.275 e. The summed E-state index contributed by atoms with van der Waals surface area (Å²) < 4.78 is 5.75. The van der Waals surface area contributed by atoms with E-state index in [2.05, 4.69) is 30.8 Å². The molecule has 5 rings (SSSR count). The fraction of sp³-hybridized carbons (Fsp3) is 0.360. The van der Waals surface area contributed by atoms with Crippen molar-refractivity contribution < 1.29 is 19.4 Å². The van der Waals surface area contributed by atoms with E-state index in [1.807, 2.05) is 12.1 Å². The van der Waals surface area contributed by atoms with Gasteiger partial charge in [-0.3, -0.25) is 19.5 Å². The molecule has 0 radical (unpaired) electrons. The smallest absolute Gasteiger partial charge is 0.275 e. The second-order valence-electron chi connectivity index (χ2n) is 8.63. The van der Waals surface area contributed by atoms with Crippen LogP contribution < -0.4 is 30.5 Å². The van der Waals surface area contributed by atoms with Gasteiger partial charge in [0.25, 0.3) is 11.8 Å². The highest BCUT2D eigenvalue weighted by Crippen LogP contribution is 2.33. The molecule has 1 aromatic carbocycles. The molecule has 0 unspecified atom stereocenters. The van der Waals surface area contributed by atoms with E-state index in [1.54, 1.807) is 34.8 Å². The molecule has 2 aliphatic rings. The molecular formula is C25H29N7O4S. The molecule has 12 heteroatoms. The van der Waals surface area contributed by atoms with Crippen LogP contribution in [0.5, 0.6) is 5.75 Å². The topological polar surface area (TPSA) is 132 Å². The van der Waals surface area contributed by atoms with Crippen molar-refractivity contribution in [1.29, 1.82) is 0 Å². The van der Waals surface area contributed by atoms with Crippen LogP contribution in [0.3, 0.4) is 0 Å². The number of aliphatic hydroxyl groups excluding tert-OH is 1. The van der Waals surface area contributed by atoms with Crippen LogP contribution in [0.2, 0.25) is 0 Å². The molecule has 0 atom stereocenters. The van der Waals surface area contributed by atoms with Gasteiger partial charge in [0, 0.05) is 56.4 Å². The van der Waals surface area contributed by atoms with Gasteiger partial charge in [0.2, 0.25) is 0 Å². The van der Waals surface area contributed by atoms with Gasteiger partial charge in [-0.15, -0.1) is 11.3 Å². The van der Waals surface area contributed by atoms with Gasteiger partial charge in [-0.2, -0.15) is 0 Å². The zero-order valence-electron chi connectivity index (χ0n) is 20.3. The quantitative estimate of drug-likeness (QED) is 0.291. The van der Waals surface area contributed by atoms with Crippen LogP contribution in [-0.4, -0.2) is 79.4 Å². The van der Waals surface area contributed by atoms with Crippen molar-refractivity contribution in [3.05, 3.63) is 58.9 Å². The van der Waals surface area contributed by atoms with Crippen molar-refractivity contribution in [3.63, 3.8) is 0 Å². The first-order valence-electron chi connectivity index (χ1n) is 12.2. The fourth-order valence-corrected chi connectivity index (χ4v) is 5.13. The van der Waals surface area contributed by atoms with E-state index in [-0.39, 0.29) is 24.1 Å². The van der Waals surface area contributed by atoms with Crippen LogP contribution in [0.25, 0.3) is 0 Å². The lowest BCUT2D eigenvalue weighted by atomic mass is 10.1. The number of nitrogens with zero attached hydrogens (tertiary/aromatic N) is 4. The number of nitrogens with one attached hydrogen (secondary N) is 3. The molecule has 37 heavy (non-hydrogen) atoms. The van der Waals surface area contributed by atoms with E-state index in [1.165, 1.54) is 11.3 Å². The summed E-state index contributed by atoms with van der Waals surface area (Å²) in [6.07, 6.45) is 3.36. The van der Waals surface area contributed by atoms with Gasteiger partial charge in [-0.1, -0.05) is 0 Å². The maximum atomic E-state index is 13.0. The van der Waals surface area contributed by atoms with Gasteiger partial charge in [0.15, 0.2) is 5.13 Å². The van der Waals surface area contributed by atoms with Gasteiger partial charge >= 0.3 is 0 Å². The minimum Gasteiger partial charge on any atom is -0.492 e. The molecule has 3 aromatic rings. The Bertz CT molecular complexity index is 1260. The zero-order valence-corrected chi connectivity index (χ0v) is 21.1. The van der Waals surface area contributed by atoms with E-state index in [0.29, 0.717) is 48.4 Å². The minimum absolute atomic E-state index is 0.0813. The monoisotopic (exact) mass is 523 g/mol. The molecule has 2 amide bonds. The number of fused-ring (bicyclic) bond motifs is 1. The Kier molecular flexibility index (Phi) is 7.90. The molecule has 4 heterocycles. The number of anilines is 3. The Morgan fingerprint density at radius 3 is 2.92 bits per heavy atom. The molecule has 11 nitrogen and oxygen atoms in total. The highest BCUT2D eigenvalue weighted by Gasteiger charge is 2.31. The van der Waals surface area contributed by atoms with E-state index < -0.39 is 0 Å². The number of hydrogen-bond acceptors (Lipinski definition) is 10. The number of carbonyl (C=O) groups is 2. The number of thiazole rings is 1. The standard InChI is InChI=1S/C25H29N7O4S/c33-11-7-27-8-12-36-18-1-2-19-17(13-18)15-32(24(19)35)25-30-21(16-37-25)23(34)29-20-14-28-4-3-22(20)31-9-5-26-6-10-31/h1-4,13-14,16,26-27,33H,5-12,15H2,(H,29,34). The number of amides is 2. The van der Waals surface area contributed by atoms with Crippen molar-refractivity contribution in [2.24, 2.45) is 0 Å². The molecule has 2 aromatic heterocycles. The molecule has 4 N–H and O–H groups in total. The van der Waals surface area contributed by atoms with Crippen molar-refractivity contribution >= 4 is 39.7 Å². The largest absolute Gasteiger partial charge is 0.492 e. The van der Waals surface area contributed by atoms with Gasteiger partial charge in [0.1, 0.15) is 18.1 Å². The van der Waals surface area contributed by atoms with Gasteiger partial charge < -0.3 is 30.7 Å². The summed E-state index contributed by atoms with van der Waals surface area (Å²) >= 11 is 1.26. The van der Waals surface area contributed by atoms with Crippen LogP contribution >= 0.6 is 11.3 Å².